The lowest BCUT2D eigenvalue weighted by Gasteiger charge is -2.08. The summed E-state index contributed by atoms with van der Waals surface area (Å²) in [7, 11) is 0. The topological polar surface area (TPSA) is 46.9 Å². The molecule has 0 amide bonds. The van der Waals surface area contributed by atoms with Gasteiger partial charge < -0.3 is 9.88 Å². The van der Waals surface area contributed by atoms with E-state index in [1.54, 1.807) is 6.20 Å². The molecule has 0 aliphatic heterocycles. The first-order valence-corrected chi connectivity index (χ1v) is 6.35. The highest BCUT2D eigenvalue weighted by atomic mass is 19.1. The van der Waals surface area contributed by atoms with Crippen LogP contribution in [0.4, 0.5) is 14.6 Å². The fourth-order valence-electron chi connectivity index (χ4n) is 1.83. The van der Waals surface area contributed by atoms with Gasteiger partial charge in [-0.25, -0.2) is 13.8 Å². The summed E-state index contributed by atoms with van der Waals surface area (Å²) in [6, 6.07) is 3.32. The highest BCUT2D eigenvalue weighted by Gasteiger charge is 2.07. The Balaban J connectivity index is 2.15. The molecule has 1 aromatic carbocycles. The standard InChI is InChI=1S/C14H15F2N3O/c1-2-6-19-7-5-17-13(14(19)20)18-9-10-3-4-11(15)8-12(10)16/h3-5,7-8H,2,6,9H2,1H3,(H,17,18). The lowest BCUT2D eigenvalue weighted by molar-refractivity contribution is 0.574. The van der Waals surface area contributed by atoms with Crippen LogP contribution in [0.25, 0.3) is 0 Å². The molecule has 1 aromatic heterocycles. The second-order valence-corrected chi connectivity index (χ2v) is 4.36. The fourth-order valence-corrected chi connectivity index (χ4v) is 1.83. The Kier molecular flexibility index (Phi) is 4.45. The van der Waals surface area contributed by atoms with Gasteiger partial charge in [-0.3, -0.25) is 4.79 Å². The normalized spacial score (nSPS) is 10.6. The number of hydrogen-bond donors (Lipinski definition) is 1. The maximum atomic E-state index is 13.5. The maximum Gasteiger partial charge on any atom is 0.293 e. The van der Waals surface area contributed by atoms with E-state index in [2.05, 4.69) is 10.3 Å². The molecule has 0 fully saturated rings. The number of nitrogens with one attached hydrogen (secondary N) is 1. The van der Waals surface area contributed by atoms with E-state index in [1.807, 2.05) is 6.92 Å². The lowest BCUT2D eigenvalue weighted by atomic mass is 10.2. The van der Waals surface area contributed by atoms with Crippen LogP contribution in [0, 0.1) is 11.6 Å². The summed E-state index contributed by atoms with van der Waals surface area (Å²) in [5, 5.41) is 2.78. The van der Waals surface area contributed by atoms with Gasteiger partial charge in [0.2, 0.25) is 0 Å². The molecule has 1 N–H and O–H groups in total. The van der Waals surface area contributed by atoms with Crippen LogP contribution in [0.5, 0.6) is 0 Å². The molecule has 4 nitrogen and oxygen atoms in total. The van der Waals surface area contributed by atoms with Crippen molar-refractivity contribution in [2.45, 2.75) is 26.4 Å². The first-order chi connectivity index (χ1) is 9.61. The van der Waals surface area contributed by atoms with Crippen molar-refractivity contribution in [2.24, 2.45) is 0 Å². The van der Waals surface area contributed by atoms with E-state index in [1.165, 1.54) is 22.9 Å². The Morgan fingerprint density at radius 2 is 2.15 bits per heavy atom. The quantitative estimate of drug-likeness (QED) is 0.915. The molecule has 0 saturated heterocycles. The Morgan fingerprint density at radius 1 is 1.35 bits per heavy atom. The molecule has 0 bridgehead atoms. The summed E-state index contributed by atoms with van der Waals surface area (Å²) >= 11 is 0. The van der Waals surface area contributed by atoms with Crippen molar-refractivity contribution >= 4 is 5.82 Å². The van der Waals surface area contributed by atoms with E-state index in [0.717, 1.165) is 12.5 Å². The van der Waals surface area contributed by atoms with Gasteiger partial charge in [-0.2, -0.15) is 0 Å². The minimum absolute atomic E-state index is 0.0739. The average molecular weight is 279 g/mol. The van der Waals surface area contributed by atoms with Crippen LogP contribution in [0.2, 0.25) is 0 Å². The van der Waals surface area contributed by atoms with Crippen LogP contribution in [0.1, 0.15) is 18.9 Å². The van der Waals surface area contributed by atoms with Gasteiger partial charge in [0.15, 0.2) is 5.82 Å². The van der Waals surface area contributed by atoms with Crippen LogP contribution < -0.4 is 10.9 Å². The molecule has 106 valence electrons. The zero-order valence-electron chi connectivity index (χ0n) is 11.1. The van der Waals surface area contributed by atoms with Crippen molar-refractivity contribution < 1.29 is 8.78 Å². The van der Waals surface area contributed by atoms with Crippen molar-refractivity contribution in [3.05, 3.63) is 58.1 Å². The van der Waals surface area contributed by atoms with Crippen LogP contribution in [0.15, 0.2) is 35.4 Å². The molecule has 6 heteroatoms. The molecule has 0 radical (unpaired) electrons. The van der Waals surface area contributed by atoms with E-state index in [4.69, 9.17) is 0 Å². The van der Waals surface area contributed by atoms with Gasteiger partial charge in [0, 0.05) is 37.1 Å². The number of nitrogens with zero attached hydrogens (tertiary/aromatic N) is 2. The number of anilines is 1. The molecule has 0 saturated carbocycles. The first-order valence-electron chi connectivity index (χ1n) is 6.35. The van der Waals surface area contributed by atoms with Gasteiger partial charge in [0.25, 0.3) is 5.56 Å². The molecule has 0 aliphatic rings. The number of aryl methyl sites for hydroxylation is 1. The largest absolute Gasteiger partial charge is 0.361 e. The molecule has 0 unspecified atom stereocenters. The third-order valence-electron chi connectivity index (χ3n) is 2.84. The lowest BCUT2D eigenvalue weighted by Crippen LogP contribution is -2.24. The van der Waals surface area contributed by atoms with Gasteiger partial charge in [-0.15, -0.1) is 0 Å². The van der Waals surface area contributed by atoms with Crippen molar-refractivity contribution in [2.75, 3.05) is 5.32 Å². The first kappa shape index (κ1) is 14.2. The second kappa shape index (κ2) is 6.27. The molecule has 1 heterocycles. The van der Waals surface area contributed by atoms with Crippen LogP contribution in [-0.4, -0.2) is 9.55 Å². The Labute approximate surface area is 115 Å². The third-order valence-corrected chi connectivity index (χ3v) is 2.84. The third kappa shape index (κ3) is 3.20. The Hall–Kier alpha value is -2.24. The number of halogens is 2. The smallest absolute Gasteiger partial charge is 0.293 e. The van der Waals surface area contributed by atoms with Crippen LogP contribution in [-0.2, 0) is 13.1 Å². The predicted octanol–water partition coefficient (Wildman–Crippen LogP) is 2.54. The zero-order valence-corrected chi connectivity index (χ0v) is 11.1. The van der Waals surface area contributed by atoms with E-state index in [9.17, 15) is 13.6 Å². The minimum Gasteiger partial charge on any atom is -0.361 e. The molecule has 20 heavy (non-hydrogen) atoms. The SMILES string of the molecule is CCCn1ccnc(NCc2ccc(F)cc2F)c1=O. The number of hydrogen-bond acceptors (Lipinski definition) is 3. The number of aromatic nitrogens is 2. The predicted molar refractivity (Wildman–Crippen MR) is 72.5 cm³/mol. The molecule has 0 atom stereocenters. The molecule has 2 aromatic rings. The summed E-state index contributed by atoms with van der Waals surface area (Å²) in [4.78, 5) is 15.9. The number of benzene rings is 1. The Bertz CT molecular complexity index is 655. The van der Waals surface area contributed by atoms with E-state index >= 15 is 0 Å². The van der Waals surface area contributed by atoms with Crippen molar-refractivity contribution in [1.82, 2.24) is 9.55 Å². The van der Waals surface area contributed by atoms with E-state index in [-0.39, 0.29) is 23.5 Å². The van der Waals surface area contributed by atoms with Gasteiger partial charge in [-0.05, 0) is 12.5 Å². The Morgan fingerprint density at radius 3 is 2.85 bits per heavy atom. The monoisotopic (exact) mass is 279 g/mol. The second-order valence-electron chi connectivity index (χ2n) is 4.36. The van der Waals surface area contributed by atoms with Crippen LogP contribution >= 0.6 is 0 Å². The molecule has 0 spiro atoms. The van der Waals surface area contributed by atoms with Crippen LogP contribution in [0.3, 0.4) is 0 Å². The molecule has 0 aliphatic carbocycles. The zero-order chi connectivity index (χ0) is 14.5. The highest BCUT2D eigenvalue weighted by molar-refractivity contribution is 5.33. The van der Waals surface area contributed by atoms with Gasteiger partial charge in [-0.1, -0.05) is 13.0 Å². The fraction of sp³-hybridized carbons (Fsp3) is 0.286. The summed E-state index contributed by atoms with van der Waals surface area (Å²) in [5.41, 5.74) is 0.0235. The van der Waals surface area contributed by atoms with Gasteiger partial charge in [0.05, 0.1) is 0 Å². The van der Waals surface area contributed by atoms with Crippen molar-refractivity contribution in [3.8, 4) is 0 Å². The highest BCUT2D eigenvalue weighted by Crippen LogP contribution is 2.10. The summed E-state index contributed by atoms with van der Waals surface area (Å²) in [5.74, 6) is -1.12. The van der Waals surface area contributed by atoms with Crippen molar-refractivity contribution in [3.63, 3.8) is 0 Å². The summed E-state index contributed by atoms with van der Waals surface area (Å²) in [6.45, 7) is 2.64. The molecular formula is C14H15F2N3O. The summed E-state index contributed by atoms with van der Waals surface area (Å²) < 4.78 is 27.8. The van der Waals surface area contributed by atoms with Crippen molar-refractivity contribution in [1.29, 1.82) is 0 Å². The molecular weight excluding hydrogens is 264 g/mol. The average Bonchev–Trinajstić information content (AvgIpc) is 2.42. The van der Waals surface area contributed by atoms with Gasteiger partial charge >= 0.3 is 0 Å². The molecule has 2 rings (SSSR count). The van der Waals surface area contributed by atoms with Gasteiger partial charge in [0.1, 0.15) is 11.6 Å². The van der Waals surface area contributed by atoms with E-state index < -0.39 is 11.6 Å². The maximum absolute atomic E-state index is 13.5. The number of rotatable bonds is 5. The minimum atomic E-state index is -0.651. The van der Waals surface area contributed by atoms with E-state index in [0.29, 0.717) is 6.54 Å². The summed E-state index contributed by atoms with van der Waals surface area (Å²) in [6.07, 6.45) is 3.95.